The number of benzene rings is 2. The van der Waals surface area contributed by atoms with Gasteiger partial charge in [0.25, 0.3) is 0 Å². The molecule has 0 saturated carbocycles. The van der Waals surface area contributed by atoms with Crippen LogP contribution in [0.25, 0.3) is 11.1 Å². The zero-order valence-electron chi connectivity index (χ0n) is 16.5. The first-order valence-corrected chi connectivity index (χ1v) is 10.8. The lowest BCUT2D eigenvalue weighted by Crippen LogP contribution is -2.41. The molecule has 156 valence electrons. The van der Waals surface area contributed by atoms with Gasteiger partial charge in [-0.15, -0.1) is 0 Å². The van der Waals surface area contributed by atoms with Gasteiger partial charge in [-0.05, 0) is 54.2 Å². The quantitative estimate of drug-likeness (QED) is 0.694. The first-order valence-electron chi connectivity index (χ1n) is 9.36. The molecule has 0 amide bonds. The summed E-state index contributed by atoms with van der Waals surface area (Å²) < 4.78 is 43.4. The zero-order chi connectivity index (χ0) is 20.9. The van der Waals surface area contributed by atoms with Gasteiger partial charge in [0.2, 0.25) is 10.0 Å². The lowest BCUT2D eigenvalue weighted by molar-refractivity contribution is -0.143. The molecule has 0 aromatic heterocycles. The molecular formula is C21H25NO6S. The molecule has 8 heteroatoms. The van der Waals surface area contributed by atoms with Gasteiger partial charge in [0, 0.05) is 13.0 Å². The van der Waals surface area contributed by atoms with Gasteiger partial charge in [-0.2, -0.15) is 4.72 Å². The van der Waals surface area contributed by atoms with E-state index in [4.69, 9.17) is 14.2 Å². The summed E-state index contributed by atoms with van der Waals surface area (Å²) in [5.41, 5.74) is 1.86. The molecule has 0 bridgehead atoms. The minimum atomic E-state index is -3.74. The Kier molecular flexibility index (Phi) is 6.89. The third-order valence-corrected chi connectivity index (χ3v) is 6.42. The Bertz CT molecular complexity index is 925. The van der Waals surface area contributed by atoms with Gasteiger partial charge in [0.15, 0.2) is 0 Å². The average Bonchev–Trinajstić information content (AvgIpc) is 2.74. The third kappa shape index (κ3) is 5.56. The number of hydrogen-bond donors (Lipinski definition) is 1. The molecule has 2 atom stereocenters. The summed E-state index contributed by atoms with van der Waals surface area (Å²) >= 11 is 0. The van der Waals surface area contributed by atoms with E-state index in [9.17, 15) is 13.2 Å². The SMILES string of the molecule is COC(=O)CC1CCOC(NS(=O)(=O)c2ccc(-c3ccc(OC)cc3)cc2)C1. The van der Waals surface area contributed by atoms with E-state index in [2.05, 4.69) is 4.72 Å². The number of sulfonamides is 1. The summed E-state index contributed by atoms with van der Waals surface area (Å²) in [5.74, 6) is 0.490. The highest BCUT2D eigenvalue weighted by atomic mass is 32.2. The Morgan fingerprint density at radius 2 is 1.69 bits per heavy atom. The van der Waals surface area contributed by atoms with Crippen LogP contribution in [-0.2, 0) is 24.3 Å². The standard InChI is InChI=1S/C21H25NO6S/c1-26-18-7-3-16(4-8-18)17-5-9-19(10-6-17)29(24,25)22-20-13-15(11-12-28-20)14-21(23)27-2/h3-10,15,20,22H,11-14H2,1-2H3. The molecule has 0 spiro atoms. The van der Waals surface area contributed by atoms with Crippen molar-refractivity contribution in [2.24, 2.45) is 5.92 Å². The van der Waals surface area contributed by atoms with Crippen molar-refractivity contribution in [3.63, 3.8) is 0 Å². The van der Waals surface area contributed by atoms with E-state index >= 15 is 0 Å². The number of carbonyl (C=O) groups is 1. The number of carbonyl (C=O) groups excluding carboxylic acids is 1. The van der Waals surface area contributed by atoms with Crippen molar-refractivity contribution < 1.29 is 27.4 Å². The summed E-state index contributed by atoms with van der Waals surface area (Å²) in [6.07, 6.45) is 0.723. The molecule has 2 aromatic rings. The molecule has 1 aliphatic rings. The summed E-state index contributed by atoms with van der Waals surface area (Å²) in [6, 6.07) is 14.2. The van der Waals surface area contributed by atoms with Gasteiger partial charge in [-0.3, -0.25) is 4.79 Å². The van der Waals surface area contributed by atoms with E-state index in [0.29, 0.717) is 19.4 Å². The van der Waals surface area contributed by atoms with Gasteiger partial charge in [0.1, 0.15) is 12.0 Å². The van der Waals surface area contributed by atoms with E-state index in [0.717, 1.165) is 16.9 Å². The number of esters is 1. The van der Waals surface area contributed by atoms with Crippen LogP contribution in [0.2, 0.25) is 0 Å². The maximum atomic E-state index is 12.7. The number of methoxy groups -OCH3 is 2. The Labute approximate surface area is 171 Å². The van der Waals surface area contributed by atoms with Gasteiger partial charge in [-0.1, -0.05) is 24.3 Å². The predicted octanol–water partition coefficient (Wildman–Crippen LogP) is 2.96. The molecule has 1 heterocycles. The average molecular weight is 419 g/mol. The van der Waals surface area contributed by atoms with Crippen LogP contribution in [0.3, 0.4) is 0 Å². The summed E-state index contributed by atoms with van der Waals surface area (Å²) in [4.78, 5) is 11.6. The van der Waals surface area contributed by atoms with Crippen LogP contribution in [0.15, 0.2) is 53.4 Å². The third-order valence-electron chi connectivity index (χ3n) is 4.95. The van der Waals surface area contributed by atoms with E-state index < -0.39 is 16.3 Å². The van der Waals surface area contributed by atoms with Crippen LogP contribution in [0.1, 0.15) is 19.3 Å². The molecule has 1 aliphatic heterocycles. The molecule has 29 heavy (non-hydrogen) atoms. The topological polar surface area (TPSA) is 90.9 Å². The highest BCUT2D eigenvalue weighted by Crippen LogP contribution is 2.26. The molecule has 7 nitrogen and oxygen atoms in total. The second-order valence-corrected chi connectivity index (χ2v) is 8.62. The fraction of sp³-hybridized carbons (Fsp3) is 0.381. The molecule has 2 aromatic carbocycles. The van der Waals surface area contributed by atoms with Crippen molar-refractivity contribution in [2.75, 3.05) is 20.8 Å². The normalized spacial score (nSPS) is 19.5. The maximum Gasteiger partial charge on any atom is 0.305 e. The second-order valence-electron chi connectivity index (χ2n) is 6.90. The molecular weight excluding hydrogens is 394 g/mol. The van der Waals surface area contributed by atoms with Crippen LogP contribution < -0.4 is 9.46 Å². The van der Waals surface area contributed by atoms with E-state index in [1.807, 2.05) is 24.3 Å². The lowest BCUT2D eigenvalue weighted by Gasteiger charge is -2.29. The number of nitrogens with one attached hydrogen (secondary N) is 1. The molecule has 1 fully saturated rings. The summed E-state index contributed by atoms with van der Waals surface area (Å²) in [6.45, 7) is 0.394. The highest BCUT2D eigenvalue weighted by molar-refractivity contribution is 7.89. The minimum Gasteiger partial charge on any atom is -0.497 e. The monoisotopic (exact) mass is 419 g/mol. The Morgan fingerprint density at radius 3 is 2.28 bits per heavy atom. The van der Waals surface area contributed by atoms with Gasteiger partial charge in [0.05, 0.1) is 19.1 Å². The van der Waals surface area contributed by atoms with Gasteiger partial charge in [-0.25, -0.2) is 8.42 Å². The fourth-order valence-electron chi connectivity index (χ4n) is 3.30. The van der Waals surface area contributed by atoms with Crippen LogP contribution in [-0.4, -0.2) is 41.4 Å². The fourth-order valence-corrected chi connectivity index (χ4v) is 4.44. The van der Waals surface area contributed by atoms with Crippen molar-refractivity contribution in [1.29, 1.82) is 0 Å². The molecule has 1 saturated heterocycles. The van der Waals surface area contributed by atoms with Crippen molar-refractivity contribution in [2.45, 2.75) is 30.4 Å². The van der Waals surface area contributed by atoms with Crippen molar-refractivity contribution in [1.82, 2.24) is 4.72 Å². The van der Waals surface area contributed by atoms with E-state index in [-0.39, 0.29) is 23.2 Å². The Balaban J connectivity index is 1.66. The highest BCUT2D eigenvalue weighted by Gasteiger charge is 2.28. The molecule has 2 unspecified atom stereocenters. The predicted molar refractivity (Wildman–Crippen MR) is 108 cm³/mol. The molecule has 0 radical (unpaired) electrons. The minimum absolute atomic E-state index is 0.0290. The first-order chi connectivity index (χ1) is 13.9. The molecule has 0 aliphatic carbocycles. The Morgan fingerprint density at radius 1 is 1.07 bits per heavy atom. The molecule has 3 rings (SSSR count). The van der Waals surface area contributed by atoms with Gasteiger partial charge < -0.3 is 14.2 Å². The number of rotatable bonds is 7. The van der Waals surface area contributed by atoms with Crippen molar-refractivity contribution in [3.8, 4) is 16.9 Å². The Hall–Kier alpha value is -2.42. The summed E-state index contributed by atoms with van der Waals surface area (Å²) in [5, 5.41) is 0. The van der Waals surface area contributed by atoms with Crippen molar-refractivity contribution >= 4 is 16.0 Å². The van der Waals surface area contributed by atoms with Crippen LogP contribution in [0, 0.1) is 5.92 Å². The zero-order valence-corrected chi connectivity index (χ0v) is 17.3. The first kappa shape index (κ1) is 21.3. The van der Waals surface area contributed by atoms with Gasteiger partial charge >= 0.3 is 5.97 Å². The van der Waals surface area contributed by atoms with Crippen LogP contribution in [0.4, 0.5) is 0 Å². The van der Waals surface area contributed by atoms with E-state index in [1.165, 1.54) is 7.11 Å². The van der Waals surface area contributed by atoms with Crippen LogP contribution in [0.5, 0.6) is 5.75 Å². The molecule has 1 N–H and O–H groups in total. The largest absolute Gasteiger partial charge is 0.497 e. The maximum absolute atomic E-state index is 12.7. The lowest BCUT2D eigenvalue weighted by atomic mass is 9.95. The van der Waals surface area contributed by atoms with Crippen LogP contribution >= 0.6 is 0 Å². The second kappa shape index (κ2) is 9.39. The smallest absolute Gasteiger partial charge is 0.305 e. The summed E-state index contributed by atoms with van der Waals surface area (Å²) in [7, 11) is -0.787. The van der Waals surface area contributed by atoms with Crippen molar-refractivity contribution in [3.05, 3.63) is 48.5 Å². The number of hydrogen-bond acceptors (Lipinski definition) is 6. The van der Waals surface area contributed by atoms with E-state index in [1.54, 1.807) is 31.4 Å². The number of ether oxygens (including phenoxy) is 3.